The van der Waals surface area contributed by atoms with Crippen molar-refractivity contribution in [2.24, 2.45) is 5.73 Å². The number of benzene rings is 1. The molecule has 0 saturated heterocycles. The van der Waals surface area contributed by atoms with Crippen LogP contribution in [0, 0.1) is 0 Å². The number of anilines is 1. The van der Waals surface area contributed by atoms with E-state index in [2.05, 4.69) is 39.0 Å². The maximum absolute atomic E-state index is 9.21. The van der Waals surface area contributed by atoms with Crippen LogP contribution in [0.2, 0.25) is 0 Å². The Morgan fingerprint density at radius 3 is 2.67 bits per heavy atom. The summed E-state index contributed by atoms with van der Waals surface area (Å²) in [7, 11) is 0. The molecule has 18 heavy (non-hydrogen) atoms. The molecule has 1 aromatic rings. The predicted octanol–water partition coefficient (Wildman–Crippen LogP) is 2.82. The van der Waals surface area contributed by atoms with Gasteiger partial charge in [-0.05, 0) is 43.9 Å². The Kier molecular flexibility index (Phi) is 4.65. The van der Waals surface area contributed by atoms with E-state index in [-0.39, 0.29) is 12.6 Å². The molecule has 0 bridgehead atoms. The van der Waals surface area contributed by atoms with E-state index in [1.807, 2.05) is 6.92 Å². The Bertz CT molecular complexity index is 405. The van der Waals surface area contributed by atoms with Gasteiger partial charge in [-0.3, -0.25) is 0 Å². The standard InChI is InChI=1S/C14H21BrN2O/c1-10(16)13-6-5-12(9-14(13)15)17(7-8-18)11-3-2-4-11/h5-6,9-11,18H,2-4,7-8,16H2,1H3/t10-/m0/s1. The highest BCUT2D eigenvalue weighted by Crippen LogP contribution is 2.33. The van der Waals surface area contributed by atoms with Crippen LogP contribution in [0.4, 0.5) is 5.69 Å². The first kappa shape index (κ1) is 13.8. The van der Waals surface area contributed by atoms with Crippen molar-refractivity contribution in [3.8, 4) is 0 Å². The number of aliphatic hydroxyl groups excluding tert-OH is 1. The normalized spacial score (nSPS) is 17.3. The van der Waals surface area contributed by atoms with Gasteiger partial charge in [0.25, 0.3) is 0 Å². The summed E-state index contributed by atoms with van der Waals surface area (Å²) < 4.78 is 1.05. The van der Waals surface area contributed by atoms with Crippen molar-refractivity contribution in [1.29, 1.82) is 0 Å². The van der Waals surface area contributed by atoms with Crippen LogP contribution in [-0.2, 0) is 0 Å². The molecule has 100 valence electrons. The van der Waals surface area contributed by atoms with Crippen molar-refractivity contribution in [2.75, 3.05) is 18.1 Å². The summed E-state index contributed by atoms with van der Waals surface area (Å²) in [6.07, 6.45) is 3.75. The topological polar surface area (TPSA) is 49.5 Å². The summed E-state index contributed by atoms with van der Waals surface area (Å²) in [5, 5.41) is 9.21. The third-order valence-corrected chi connectivity index (χ3v) is 4.35. The zero-order valence-electron chi connectivity index (χ0n) is 10.8. The van der Waals surface area contributed by atoms with E-state index in [9.17, 15) is 5.11 Å². The Morgan fingerprint density at radius 1 is 1.50 bits per heavy atom. The van der Waals surface area contributed by atoms with Crippen molar-refractivity contribution >= 4 is 21.6 Å². The fraction of sp³-hybridized carbons (Fsp3) is 0.571. The Morgan fingerprint density at radius 2 is 2.22 bits per heavy atom. The molecule has 1 atom stereocenters. The number of rotatable bonds is 5. The predicted molar refractivity (Wildman–Crippen MR) is 78.8 cm³/mol. The van der Waals surface area contributed by atoms with Crippen molar-refractivity contribution in [3.63, 3.8) is 0 Å². The van der Waals surface area contributed by atoms with E-state index in [4.69, 9.17) is 5.73 Å². The minimum absolute atomic E-state index is 0.0309. The van der Waals surface area contributed by atoms with E-state index in [0.29, 0.717) is 12.6 Å². The van der Waals surface area contributed by atoms with Gasteiger partial charge in [0, 0.05) is 28.8 Å². The smallest absolute Gasteiger partial charge is 0.0606 e. The van der Waals surface area contributed by atoms with Crippen LogP contribution < -0.4 is 10.6 Å². The van der Waals surface area contributed by atoms with E-state index in [1.165, 1.54) is 24.9 Å². The van der Waals surface area contributed by atoms with Crippen molar-refractivity contribution in [1.82, 2.24) is 0 Å². The summed E-state index contributed by atoms with van der Waals surface area (Å²) >= 11 is 3.59. The molecule has 0 unspecified atom stereocenters. The molecule has 0 radical (unpaired) electrons. The molecule has 1 aliphatic rings. The van der Waals surface area contributed by atoms with Crippen LogP contribution in [-0.4, -0.2) is 24.3 Å². The van der Waals surface area contributed by atoms with Gasteiger partial charge in [-0.2, -0.15) is 0 Å². The Labute approximate surface area is 117 Å². The largest absolute Gasteiger partial charge is 0.395 e. The van der Waals surface area contributed by atoms with Crippen molar-refractivity contribution < 1.29 is 5.11 Å². The lowest BCUT2D eigenvalue weighted by molar-refractivity contribution is 0.283. The average molecular weight is 313 g/mol. The molecule has 0 aliphatic heterocycles. The molecule has 0 heterocycles. The quantitative estimate of drug-likeness (QED) is 0.879. The van der Waals surface area contributed by atoms with Crippen LogP contribution >= 0.6 is 15.9 Å². The number of hydrogen-bond donors (Lipinski definition) is 2. The van der Waals surface area contributed by atoms with Crippen LogP contribution in [0.25, 0.3) is 0 Å². The van der Waals surface area contributed by atoms with Crippen LogP contribution in [0.15, 0.2) is 22.7 Å². The van der Waals surface area contributed by atoms with E-state index in [0.717, 1.165) is 10.0 Å². The van der Waals surface area contributed by atoms with Gasteiger partial charge in [0.1, 0.15) is 0 Å². The lowest BCUT2D eigenvalue weighted by Crippen LogP contribution is -2.42. The minimum atomic E-state index is 0.0309. The molecule has 1 saturated carbocycles. The summed E-state index contributed by atoms with van der Waals surface area (Å²) in [5.74, 6) is 0. The minimum Gasteiger partial charge on any atom is -0.395 e. The summed E-state index contributed by atoms with van der Waals surface area (Å²) in [5.41, 5.74) is 8.21. The SMILES string of the molecule is C[C@H](N)c1ccc(N(CCO)C2CCC2)cc1Br. The fourth-order valence-corrected chi connectivity index (χ4v) is 3.12. The second kappa shape index (κ2) is 6.04. The molecule has 3 N–H and O–H groups in total. The van der Waals surface area contributed by atoms with E-state index in [1.54, 1.807) is 0 Å². The monoisotopic (exact) mass is 312 g/mol. The van der Waals surface area contributed by atoms with Gasteiger partial charge in [-0.15, -0.1) is 0 Å². The fourth-order valence-electron chi connectivity index (χ4n) is 2.39. The zero-order chi connectivity index (χ0) is 13.1. The zero-order valence-corrected chi connectivity index (χ0v) is 12.4. The second-order valence-electron chi connectivity index (χ2n) is 5.00. The molecule has 0 amide bonds. The van der Waals surface area contributed by atoms with Gasteiger partial charge in [-0.25, -0.2) is 0 Å². The Balaban J connectivity index is 2.22. The molecule has 3 nitrogen and oxygen atoms in total. The third kappa shape index (κ3) is 2.87. The molecule has 0 aromatic heterocycles. The molecule has 1 aliphatic carbocycles. The van der Waals surface area contributed by atoms with Crippen molar-refractivity contribution in [3.05, 3.63) is 28.2 Å². The summed E-state index contributed by atoms with van der Waals surface area (Å²) in [6, 6.07) is 6.92. The molecule has 4 heteroatoms. The highest BCUT2D eigenvalue weighted by atomic mass is 79.9. The van der Waals surface area contributed by atoms with Gasteiger partial charge in [0.15, 0.2) is 0 Å². The lowest BCUT2D eigenvalue weighted by Gasteiger charge is -2.39. The molecule has 2 rings (SSSR count). The van der Waals surface area contributed by atoms with Gasteiger partial charge >= 0.3 is 0 Å². The third-order valence-electron chi connectivity index (χ3n) is 3.66. The molecule has 0 spiro atoms. The first-order chi connectivity index (χ1) is 8.63. The number of halogens is 1. The van der Waals surface area contributed by atoms with E-state index >= 15 is 0 Å². The maximum Gasteiger partial charge on any atom is 0.0606 e. The van der Waals surface area contributed by atoms with Gasteiger partial charge in [0.05, 0.1) is 6.61 Å². The number of nitrogens with two attached hydrogens (primary N) is 1. The molecule has 1 fully saturated rings. The van der Waals surface area contributed by atoms with Gasteiger partial charge in [-0.1, -0.05) is 22.0 Å². The highest BCUT2D eigenvalue weighted by molar-refractivity contribution is 9.10. The number of hydrogen-bond acceptors (Lipinski definition) is 3. The maximum atomic E-state index is 9.21. The first-order valence-electron chi connectivity index (χ1n) is 6.56. The number of nitrogens with zero attached hydrogens (tertiary/aromatic N) is 1. The summed E-state index contributed by atoms with van der Waals surface area (Å²) in [4.78, 5) is 2.30. The van der Waals surface area contributed by atoms with Gasteiger partial charge < -0.3 is 15.7 Å². The highest BCUT2D eigenvalue weighted by Gasteiger charge is 2.25. The molecular weight excluding hydrogens is 292 g/mol. The second-order valence-corrected chi connectivity index (χ2v) is 5.85. The lowest BCUT2D eigenvalue weighted by atomic mass is 9.91. The summed E-state index contributed by atoms with van der Waals surface area (Å²) in [6.45, 7) is 2.88. The van der Waals surface area contributed by atoms with Crippen LogP contribution in [0.1, 0.15) is 37.8 Å². The van der Waals surface area contributed by atoms with Gasteiger partial charge in [0.2, 0.25) is 0 Å². The van der Waals surface area contributed by atoms with E-state index < -0.39 is 0 Å². The number of aliphatic hydroxyl groups is 1. The van der Waals surface area contributed by atoms with Crippen LogP contribution in [0.3, 0.4) is 0 Å². The van der Waals surface area contributed by atoms with Crippen LogP contribution in [0.5, 0.6) is 0 Å². The molecular formula is C14H21BrN2O. The Hall–Kier alpha value is -0.580. The first-order valence-corrected chi connectivity index (χ1v) is 7.35. The molecule has 1 aromatic carbocycles. The average Bonchev–Trinajstić information content (AvgIpc) is 2.25. The van der Waals surface area contributed by atoms with Crippen molar-refractivity contribution in [2.45, 2.75) is 38.3 Å².